The highest BCUT2D eigenvalue weighted by molar-refractivity contribution is 6.52. The first-order valence-corrected chi connectivity index (χ1v) is 11.5. The molecule has 1 saturated heterocycles. The van der Waals surface area contributed by atoms with Crippen LogP contribution < -0.4 is 9.64 Å². The molecule has 1 heterocycles. The molecule has 4 aromatic carbocycles. The van der Waals surface area contributed by atoms with E-state index in [2.05, 4.69) is 0 Å². The molecule has 174 valence electrons. The number of aliphatic hydroxyl groups is 1. The predicted octanol–water partition coefficient (Wildman–Crippen LogP) is 6.78. The number of Topliss-reactive ketones (excluding diaryl/α,β-unsaturated/α-hetero) is 1. The zero-order chi connectivity index (χ0) is 24.7. The third-order valence-corrected chi connectivity index (χ3v) is 6.64. The number of halogens is 2. The average molecular weight is 504 g/mol. The lowest BCUT2D eigenvalue weighted by atomic mass is 9.91. The molecule has 1 N–H and O–H groups in total. The van der Waals surface area contributed by atoms with Crippen LogP contribution in [0.25, 0.3) is 16.5 Å². The summed E-state index contributed by atoms with van der Waals surface area (Å²) < 4.78 is 5.27. The van der Waals surface area contributed by atoms with Gasteiger partial charge in [-0.2, -0.15) is 0 Å². The Bertz CT molecular complexity index is 1520. The van der Waals surface area contributed by atoms with Gasteiger partial charge in [-0.05, 0) is 52.7 Å². The van der Waals surface area contributed by atoms with Crippen LogP contribution in [-0.2, 0) is 9.59 Å². The van der Waals surface area contributed by atoms with E-state index in [9.17, 15) is 14.7 Å². The molecule has 7 heteroatoms. The van der Waals surface area contributed by atoms with Crippen molar-refractivity contribution in [3.05, 3.63) is 112 Å². The lowest BCUT2D eigenvalue weighted by molar-refractivity contribution is -0.132. The number of fused-ring (bicyclic) bond motifs is 1. The third kappa shape index (κ3) is 3.93. The van der Waals surface area contributed by atoms with Crippen LogP contribution in [-0.4, -0.2) is 23.9 Å². The zero-order valence-corrected chi connectivity index (χ0v) is 20.0. The zero-order valence-electron chi connectivity index (χ0n) is 18.5. The van der Waals surface area contributed by atoms with Gasteiger partial charge in [0.1, 0.15) is 11.5 Å². The monoisotopic (exact) mass is 503 g/mol. The number of amides is 1. The van der Waals surface area contributed by atoms with Gasteiger partial charge in [-0.25, -0.2) is 0 Å². The summed E-state index contributed by atoms with van der Waals surface area (Å²) in [5.74, 6) is -1.53. The third-order valence-electron chi connectivity index (χ3n) is 6.08. The number of anilines is 1. The van der Waals surface area contributed by atoms with Crippen molar-refractivity contribution in [3.63, 3.8) is 0 Å². The fourth-order valence-corrected chi connectivity index (χ4v) is 4.86. The van der Waals surface area contributed by atoms with Crippen molar-refractivity contribution >= 4 is 57.1 Å². The number of benzene rings is 4. The number of ketones is 1. The summed E-state index contributed by atoms with van der Waals surface area (Å²) in [6.45, 7) is 0. The Hall–Kier alpha value is -3.80. The molecule has 0 aromatic heterocycles. The maximum atomic E-state index is 13.5. The van der Waals surface area contributed by atoms with E-state index in [1.807, 2.05) is 42.5 Å². The standard InChI is InChI=1S/C28H19Cl2NO4/c1-35-19-12-13-23(30)22(15-19)26(32)24-25(21-11-4-7-16-6-2-3-10-20(16)21)31(28(34)27(24)33)18-9-5-8-17(29)14-18/h2-15,25,32H,1H3/b26-24+. The minimum atomic E-state index is -0.915. The summed E-state index contributed by atoms with van der Waals surface area (Å²) in [5.41, 5.74) is 1.25. The van der Waals surface area contributed by atoms with E-state index in [-0.39, 0.29) is 21.9 Å². The Kier molecular flexibility index (Phi) is 5.97. The number of nitrogens with zero attached hydrogens (tertiary/aromatic N) is 1. The Morgan fingerprint density at radius 1 is 0.914 bits per heavy atom. The van der Waals surface area contributed by atoms with E-state index in [0.717, 1.165) is 10.8 Å². The first-order chi connectivity index (χ1) is 16.9. The molecule has 0 spiro atoms. The van der Waals surface area contributed by atoms with Gasteiger partial charge in [0, 0.05) is 16.3 Å². The maximum absolute atomic E-state index is 13.5. The van der Waals surface area contributed by atoms with Crippen molar-refractivity contribution in [2.24, 2.45) is 0 Å². The van der Waals surface area contributed by atoms with Gasteiger partial charge < -0.3 is 9.84 Å². The highest BCUT2D eigenvalue weighted by Gasteiger charge is 2.47. The molecular formula is C28H19Cl2NO4. The average Bonchev–Trinajstić information content (AvgIpc) is 3.13. The number of carbonyl (C=O) groups is 2. The minimum Gasteiger partial charge on any atom is -0.507 e. The van der Waals surface area contributed by atoms with Crippen LogP contribution in [0.3, 0.4) is 0 Å². The number of carbonyl (C=O) groups excluding carboxylic acids is 2. The molecule has 1 fully saturated rings. The maximum Gasteiger partial charge on any atom is 0.300 e. The van der Waals surface area contributed by atoms with Crippen molar-refractivity contribution < 1.29 is 19.4 Å². The van der Waals surface area contributed by atoms with E-state index in [1.165, 1.54) is 18.1 Å². The lowest BCUT2D eigenvalue weighted by Crippen LogP contribution is -2.29. The normalized spacial score (nSPS) is 17.2. The van der Waals surface area contributed by atoms with Crippen LogP contribution in [0.5, 0.6) is 5.75 Å². The summed E-state index contributed by atoms with van der Waals surface area (Å²) in [6, 6.07) is 23.8. The number of hydrogen-bond acceptors (Lipinski definition) is 4. The molecule has 1 aliphatic heterocycles. The molecule has 1 amide bonds. The van der Waals surface area contributed by atoms with Crippen LogP contribution in [0.15, 0.2) is 90.5 Å². The minimum absolute atomic E-state index is 0.0681. The number of methoxy groups -OCH3 is 1. The van der Waals surface area contributed by atoms with E-state index in [0.29, 0.717) is 22.0 Å². The molecule has 0 radical (unpaired) electrons. The summed E-state index contributed by atoms with van der Waals surface area (Å²) in [4.78, 5) is 28.3. The SMILES string of the molecule is COc1ccc(Cl)c(/C(O)=C2\C(=O)C(=O)N(c3cccc(Cl)c3)C2c2cccc3ccccc23)c1. The first-order valence-electron chi connectivity index (χ1n) is 10.8. The van der Waals surface area contributed by atoms with Crippen LogP contribution in [0.1, 0.15) is 17.2 Å². The fraction of sp³-hybridized carbons (Fsp3) is 0.0714. The van der Waals surface area contributed by atoms with Crippen LogP contribution in [0.4, 0.5) is 5.69 Å². The van der Waals surface area contributed by atoms with Crippen LogP contribution in [0.2, 0.25) is 10.0 Å². The van der Waals surface area contributed by atoms with Crippen molar-refractivity contribution in [2.75, 3.05) is 12.0 Å². The molecule has 0 saturated carbocycles. The second-order valence-corrected chi connectivity index (χ2v) is 8.91. The van der Waals surface area contributed by atoms with Crippen molar-refractivity contribution in [3.8, 4) is 5.75 Å². The lowest BCUT2D eigenvalue weighted by Gasteiger charge is -2.26. The largest absolute Gasteiger partial charge is 0.507 e. The highest BCUT2D eigenvalue weighted by Crippen LogP contribution is 2.45. The molecule has 35 heavy (non-hydrogen) atoms. The van der Waals surface area contributed by atoms with Crippen molar-refractivity contribution in [2.45, 2.75) is 6.04 Å². The van der Waals surface area contributed by atoms with Gasteiger partial charge in [-0.1, -0.05) is 71.7 Å². The summed E-state index contributed by atoms with van der Waals surface area (Å²) in [5, 5.41) is 13.9. The Balaban J connectivity index is 1.83. The quantitative estimate of drug-likeness (QED) is 0.189. The van der Waals surface area contributed by atoms with Crippen LogP contribution >= 0.6 is 23.2 Å². The van der Waals surface area contributed by atoms with Gasteiger partial charge in [-0.15, -0.1) is 0 Å². The van der Waals surface area contributed by atoms with E-state index in [4.69, 9.17) is 27.9 Å². The number of ether oxygens (including phenoxy) is 1. The summed E-state index contributed by atoms with van der Waals surface area (Å²) >= 11 is 12.6. The summed E-state index contributed by atoms with van der Waals surface area (Å²) in [7, 11) is 1.49. The number of aliphatic hydroxyl groups excluding tert-OH is 1. The van der Waals surface area contributed by atoms with Gasteiger partial charge in [-0.3, -0.25) is 14.5 Å². The van der Waals surface area contributed by atoms with Crippen molar-refractivity contribution in [1.82, 2.24) is 0 Å². The van der Waals surface area contributed by atoms with E-state index < -0.39 is 17.7 Å². The Morgan fingerprint density at radius 2 is 1.66 bits per heavy atom. The molecular weight excluding hydrogens is 485 g/mol. The van der Waals surface area contributed by atoms with E-state index in [1.54, 1.807) is 36.4 Å². The molecule has 1 aliphatic rings. The van der Waals surface area contributed by atoms with Gasteiger partial charge in [0.15, 0.2) is 0 Å². The molecule has 0 bridgehead atoms. The molecule has 1 atom stereocenters. The molecule has 5 rings (SSSR count). The molecule has 1 unspecified atom stereocenters. The number of hydrogen-bond donors (Lipinski definition) is 1. The smallest absolute Gasteiger partial charge is 0.300 e. The predicted molar refractivity (Wildman–Crippen MR) is 138 cm³/mol. The van der Waals surface area contributed by atoms with Crippen LogP contribution in [0, 0.1) is 0 Å². The van der Waals surface area contributed by atoms with Gasteiger partial charge in [0.05, 0.1) is 23.7 Å². The second-order valence-electron chi connectivity index (χ2n) is 8.06. The Labute approximate surface area is 211 Å². The van der Waals surface area contributed by atoms with Gasteiger partial charge in [0.25, 0.3) is 11.7 Å². The summed E-state index contributed by atoms with van der Waals surface area (Å²) in [6.07, 6.45) is 0. The number of rotatable bonds is 4. The highest BCUT2D eigenvalue weighted by atomic mass is 35.5. The van der Waals surface area contributed by atoms with E-state index >= 15 is 0 Å². The topological polar surface area (TPSA) is 66.8 Å². The van der Waals surface area contributed by atoms with Gasteiger partial charge in [0.2, 0.25) is 0 Å². The fourth-order valence-electron chi connectivity index (χ4n) is 4.47. The molecule has 5 nitrogen and oxygen atoms in total. The first kappa shape index (κ1) is 23.0. The molecule has 0 aliphatic carbocycles. The van der Waals surface area contributed by atoms with Gasteiger partial charge >= 0.3 is 0 Å². The van der Waals surface area contributed by atoms with Crippen molar-refractivity contribution in [1.29, 1.82) is 0 Å². The second kappa shape index (κ2) is 9.10. The Morgan fingerprint density at radius 3 is 2.43 bits per heavy atom. The molecule has 4 aromatic rings.